The number of rotatable bonds is 7. The fourth-order valence-corrected chi connectivity index (χ4v) is 2.66. The van der Waals surface area contributed by atoms with Gasteiger partial charge in [0.2, 0.25) is 17.6 Å². The van der Waals surface area contributed by atoms with Crippen LogP contribution in [0.4, 0.5) is 11.5 Å². The maximum Gasteiger partial charge on any atom is 0.227 e. The topological polar surface area (TPSA) is 84.2 Å². The van der Waals surface area contributed by atoms with E-state index in [9.17, 15) is 4.79 Å². The second-order valence-electron chi connectivity index (χ2n) is 7.14. The molecule has 0 spiro atoms. The summed E-state index contributed by atoms with van der Waals surface area (Å²) >= 11 is 0. The standard InChI is InChI=1S/C21H25N5O2/c1-14(2)15-5-7-16(8-6-15)21-24-20(28-25-21)12-11-19(27)23-17-9-10-18(22-13-17)26(3)4/h5-10,13-14H,11-12H2,1-4H3,(H,23,27). The summed E-state index contributed by atoms with van der Waals surface area (Å²) in [5.41, 5.74) is 2.82. The van der Waals surface area contributed by atoms with Crippen molar-refractivity contribution in [1.29, 1.82) is 0 Å². The third-order valence-electron chi connectivity index (χ3n) is 4.36. The number of carbonyl (C=O) groups is 1. The Bertz CT molecular complexity index is 915. The molecule has 0 bridgehead atoms. The summed E-state index contributed by atoms with van der Waals surface area (Å²) in [4.78, 5) is 22.7. The number of pyridine rings is 1. The molecule has 0 aliphatic heterocycles. The average Bonchev–Trinajstić information content (AvgIpc) is 3.16. The first-order valence-corrected chi connectivity index (χ1v) is 9.28. The maximum atomic E-state index is 12.1. The van der Waals surface area contributed by atoms with E-state index in [1.54, 1.807) is 6.20 Å². The smallest absolute Gasteiger partial charge is 0.227 e. The Labute approximate surface area is 164 Å². The zero-order chi connectivity index (χ0) is 20.1. The first-order chi connectivity index (χ1) is 13.4. The van der Waals surface area contributed by atoms with Gasteiger partial charge in [0.05, 0.1) is 11.9 Å². The van der Waals surface area contributed by atoms with Crippen molar-refractivity contribution in [2.24, 2.45) is 0 Å². The molecule has 1 N–H and O–H groups in total. The SMILES string of the molecule is CC(C)c1ccc(-c2noc(CCC(=O)Nc3ccc(N(C)C)nc3)n2)cc1. The van der Waals surface area contributed by atoms with Gasteiger partial charge in [0, 0.05) is 32.5 Å². The number of hydrogen-bond donors (Lipinski definition) is 1. The van der Waals surface area contributed by atoms with Crippen LogP contribution >= 0.6 is 0 Å². The third kappa shape index (κ3) is 4.94. The van der Waals surface area contributed by atoms with Crippen molar-refractivity contribution in [2.75, 3.05) is 24.3 Å². The summed E-state index contributed by atoms with van der Waals surface area (Å²) < 4.78 is 5.28. The van der Waals surface area contributed by atoms with Crippen molar-refractivity contribution in [1.82, 2.24) is 15.1 Å². The molecule has 0 aliphatic carbocycles. The predicted octanol–water partition coefficient (Wildman–Crippen LogP) is 3.89. The van der Waals surface area contributed by atoms with Gasteiger partial charge in [-0.25, -0.2) is 4.98 Å². The van der Waals surface area contributed by atoms with Gasteiger partial charge in [-0.1, -0.05) is 43.3 Å². The minimum Gasteiger partial charge on any atom is -0.363 e. The van der Waals surface area contributed by atoms with Crippen LogP contribution in [0.15, 0.2) is 47.1 Å². The summed E-state index contributed by atoms with van der Waals surface area (Å²) in [6.07, 6.45) is 2.27. The van der Waals surface area contributed by atoms with Crippen molar-refractivity contribution in [3.8, 4) is 11.4 Å². The zero-order valence-corrected chi connectivity index (χ0v) is 16.6. The summed E-state index contributed by atoms with van der Waals surface area (Å²) in [6.45, 7) is 4.30. The number of aromatic nitrogens is 3. The first-order valence-electron chi connectivity index (χ1n) is 9.28. The highest BCUT2D eigenvalue weighted by atomic mass is 16.5. The van der Waals surface area contributed by atoms with Crippen LogP contribution in [0.25, 0.3) is 11.4 Å². The monoisotopic (exact) mass is 379 g/mol. The number of aryl methyl sites for hydroxylation is 1. The van der Waals surface area contributed by atoms with Crippen LogP contribution in [0.5, 0.6) is 0 Å². The highest BCUT2D eigenvalue weighted by Crippen LogP contribution is 2.21. The van der Waals surface area contributed by atoms with Gasteiger partial charge in [-0.05, 0) is 23.6 Å². The number of amides is 1. The Morgan fingerprint density at radius 3 is 2.50 bits per heavy atom. The Morgan fingerprint density at radius 1 is 1.14 bits per heavy atom. The van der Waals surface area contributed by atoms with Crippen LogP contribution in [0.1, 0.15) is 37.6 Å². The predicted molar refractivity (Wildman–Crippen MR) is 109 cm³/mol. The molecule has 0 saturated heterocycles. The van der Waals surface area contributed by atoms with Gasteiger partial charge in [0.25, 0.3) is 0 Å². The van der Waals surface area contributed by atoms with E-state index in [1.807, 2.05) is 43.3 Å². The first kappa shape index (κ1) is 19.5. The Hall–Kier alpha value is -3.22. The van der Waals surface area contributed by atoms with Gasteiger partial charge in [-0.15, -0.1) is 0 Å². The molecule has 3 rings (SSSR count). The largest absolute Gasteiger partial charge is 0.363 e. The second kappa shape index (κ2) is 8.65. The number of nitrogens with zero attached hydrogens (tertiary/aromatic N) is 4. The quantitative estimate of drug-likeness (QED) is 0.670. The molecule has 0 radical (unpaired) electrons. The van der Waals surface area contributed by atoms with Gasteiger partial charge in [-0.2, -0.15) is 4.98 Å². The van der Waals surface area contributed by atoms with Crippen molar-refractivity contribution in [3.63, 3.8) is 0 Å². The molecule has 7 heteroatoms. The molecule has 146 valence electrons. The van der Waals surface area contributed by atoms with E-state index >= 15 is 0 Å². The molecule has 1 amide bonds. The lowest BCUT2D eigenvalue weighted by atomic mass is 10.0. The van der Waals surface area contributed by atoms with E-state index in [4.69, 9.17) is 4.52 Å². The number of anilines is 2. The maximum absolute atomic E-state index is 12.1. The molecule has 3 aromatic rings. The van der Waals surface area contributed by atoms with E-state index in [2.05, 4.69) is 46.4 Å². The highest BCUT2D eigenvalue weighted by molar-refractivity contribution is 5.90. The van der Waals surface area contributed by atoms with Crippen LogP contribution in [0.3, 0.4) is 0 Å². The Morgan fingerprint density at radius 2 is 1.89 bits per heavy atom. The van der Waals surface area contributed by atoms with Crippen molar-refractivity contribution in [3.05, 3.63) is 54.0 Å². The molecule has 2 heterocycles. The van der Waals surface area contributed by atoms with Crippen molar-refractivity contribution < 1.29 is 9.32 Å². The minimum absolute atomic E-state index is 0.125. The van der Waals surface area contributed by atoms with Gasteiger partial charge >= 0.3 is 0 Å². The lowest BCUT2D eigenvalue weighted by Gasteiger charge is -2.11. The summed E-state index contributed by atoms with van der Waals surface area (Å²) in [6, 6.07) is 11.8. The molecule has 28 heavy (non-hydrogen) atoms. The van der Waals surface area contributed by atoms with Crippen LogP contribution in [0.2, 0.25) is 0 Å². The number of hydrogen-bond acceptors (Lipinski definition) is 6. The summed E-state index contributed by atoms with van der Waals surface area (Å²) in [5, 5.41) is 6.84. The molecule has 0 saturated carbocycles. The molecule has 2 aromatic heterocycles. The molecule has 0 fully saturated rings. The number of nitrogens with one attached hydrogen (secondary N) is 1. The molecular formula is C21H25N5O2. The average molecular weight is 379 g/mol. The van der Waals surface area contributed by atoms with Gasteiger partial charge in [0.1, 0.15) is 5.82 Å². The van der Waals surface area contributed by atoms with Crippen molar-refractivity contribution >= 4 is 17.4 Å². The molecule has 0 aliphatic rings. The van der Waals surface area contributed by atoms with Crippen LogP contribution in [-0.4, -0.2) is 35.1 Å². The van der Waals surface area contributed by atoms with Crippen molar-refractivity contribution in [2.45, 2.75) is 32.6 Å². The minimum atomic E-state index is -0.125. The van der Waals surface area contributed by atoms with Crippen LogP contribution in [0, 0.1) is 0 Å². The number of benzene rings is 1. The van der Waals surface area contributed by atoms with Crippen LogP contribution < -0.4 is 10.2 Å². The lowest BCUT2D eigenvalue weighted by molar-refractivity contribution is -0.116. The highest BCUT2D eigenvalue weighted by Gasteiger charge is 2.11. The summed E-state index contributed by atoms with van der Waals surface area (Å²) in [7, 11) is 3.83. The Balaban J connectivity index is 1.54. The normalized spacial score (nSPS) is 10.9. The fraction of sp³-hybridized carbons (Fsp3) is 0.333. The molecule has 1 aromatic carbocycles. The molecule has 0 unspecified atom stereocenters. The third-order valence-corrected chi connectivity index (χ3v) is 4.36. The molecule has 0 atom stereocenters. The lowest BCUT2D eigenvalue weighted by Crippen LogP contribution is -2.14. The van der Waals surface area contributed by atoms with E-state index in [1.165, 1.54) is 5.56 Å². The van der Waals surface area contributed by atoms with E-state index in [0.29, 0.717) is 29.7 Å². The van der Waals surface area contributed by atoms with E-state index in [-0.39, 0.29) is 12.3 Å². The van der Waals surface area contributed by atoms with E-state index < -0.39 is 0 Å². The van der Waals surface area contributed by atoms with Gasteiger partial charge in [-0.3, -0.25) is 4.79 Å². The second-order valence-corrected chi connectivity index (χ2v) is 7.14. The summed E-state index contributed by atoms with van der Waals surface area (Å²) in [5.74, 6) is 2.16. The molecule has 7 nitrogen and oxygen atoms in total. The van der Waals surface area contributed by atoms with Crippen LogP contribution in [-0.2, 0) is 11.2 Å². The van der Waals surface area contributed by atoms with E-state index in [0.717, 1.165) is 11.4 Å². The van der Waals surface area contributed by atoms with Gasteiger partial charge in [0.15, 0.2) is 0 Å². The number of carbonyl (C=O) groups excluding carboxylic acids is 1. The van der Waals surface area contributed by atoms with Gasteiger partial charge < -0.3 is 14.7 Å². The zero-order valence-electron chi connectivity index (χ0n) is 16.6. The fourth-order valence-electron chi connectivity index (χ4n) is 2.66. The Kier molecular flexibility index (Phi) is 6.03. The molecular weight excluding hydrogens is 354 g/mol.